The van der Waals surface area contributed by atoms with Crippen molar-refractivity contribution in [3.05, 3.63) is 77.9 Å². The van der Waals surface area contributed by atoms with Gasteiger partial charge in [0.05, 0.1) is 11.3 Å². The summed E-state index contributed by atoms with van der Waals surface area (Å²) in [6, 6.07) is 18.8. The molecule has 5 nitrogen and oxygen atoms in total. The minimum atomic E-state index is -1.10. The molecule has 3 N–H and O–H groups in total. The van der Waals surface area contributed by atoms with Crippen molar-refractivity contribution in [3.63, 3.8) is 0 Å². The van der Waals surface area contributed by atoms with Gasteiger partial charge in [0, 0.05) is 18.8 Å². The summed E-state index contributed by atoms with van der Waals surface area (Å²) in [6.07, 6.45) is 1.47. The summed E-state index contributed by atoms with van der Waals surface area (Å²) in [6.45, 7) is 1.85. The summed E-state index contributed by atoms with van der Waals surface area (Å²) in [5.74, 6) is -1.47. The van der Waals surface area contributed by atoms with E-state index in [2.05, 4.69) is 10.6 Å². The summed E-state index contributed by atoms with van der Waals surface area (Å²) in [5, 5.41) is 17.1. The predicted octanol–water partition coefficient (Wildman–Crippen LogP) is 4.62. The van der Waals surface area contributed by atoms with Crippen LogP contribution in [0.25, 0.3) is 16.3 Å². The average molecular weight is 360 g/mol. The Morgan fingerprint density at radius 1 is 0.963 bits per heavy atom. The Hall–Kier alpha value is -3.60. The molecule has 3 aromatic carbocycles. The normalized spacial score (nSPS) is 11.3. The lowest BCUT2D eigenvalue weighted by atomic mass is 10.0. The highest BCUT2D eigenvalue weighted by Gasteiger charge is 2.13. The number of carbonyl (C=O) groups is 2. The van der Waals surface area contributed by atoms with Crippen LogP contribution in [-0.4, -0.2) is 24.0 Å². The summed E-state index contributed by atoms with van der Waals surface area (Å²) < 4.78 is 0. The second-order valence-electron chi connectivity index (χ2n) is 6.19. The fourth-order valence-electron chi connectivity index (χ4n) is 2.87. The first-order chi connectivity index (χ1) is 13.0. The molecule has 0 heterocycles. The molecule has 0 aliphatic heterocycles. The number of fused-ring (bicyclic) bond motifs is 1. The van der Waals surface area contributed by atoms with Gasteiger partial charge in [-0.3, -0.25) is 4.79 Å². The first-order valence-electron chi connectivity index (χ1n) is 8.51. The van der Waals surface area contributed by atoms with Crippen molar-refractivity contribution < 1.29 is 14.7 Å². The Balaban J connectivity index is 1.84. The fourth-order valence-corrected chi connectivity index (χ4v) is 2.87. The van der Waals surface area contributed by atoms with Crippen LogP contribution in [0.4, 0.5) is 11.4 Å². The van der Waals surface area contributed by atoms with Crippen LogP contribution in [0.2, 0.25) is 0 Å². The Morgan fingerprint density at radius 2 is 1.70 bits per heavy atom. The van der Waals surface area contributed by atoms with Crippen molar-refractivity contribution in [3.8, 4) is 0 Å². The van der Waals surface area contributed by atoms with Crippen LogP contribution in [0, 0.1) is 0 Å². The molecule has 0 radical (unpaired) electrons. The molecule has 3 aromatic rings. The lowest BCUT2D eigenvalue weighted by molar-refractivity contribution is -0.111. The molecule has 0 saturated heterocycles. The standard InChI is InChI=1S/C22H20N2O3/c1-14(16-8-7-15-5-3-4-6-17(15)12-16)11-21(25)24-20-10-9-18(23-2)13-19(20)22(26)27/h3-13,23H,1-2H3,(H,24,25)(H,26,27)/b14-11-. The van der Waals surface area contributed by atoms with E-state index in [1.54, 1.807) is 19.2 Å². The number of nitrogens with one attached hydrogen (secondary N) is 2. The van der Waals surface area contributed by atoms with Gasteiger partial charge in [0.1, 0.15) is 0 Å². The number of benzene rings is 3. The number of hydrogen-bond acceptors (Lipinski definition) is 3. The third-order valence-electron chi connectivity index (χ3n) is 4.35. The van der Waals surface area contributed by atoms with Gasteiger partial charge in [0.25, 0.3) is 0 Å². The van der Waals surface area contributed by atoms with Gasteiger partial charge >= 0.3 is 5.97 Å². The van der Waals surface area contributed by atoms with Gasteiger partial charge in [-0.1, -0.05) is 36.4 Å². The molecule has 0 unspecified atom stereocenters. The van der Waals surface area contributed by atoms with E-state index in [1.807, 2.05) is 49.4 Å². The van der Waals surface area contributed by atoms with Gasteiger partial charge in [-0.15, -0.1) is 0 Å². The lowest BCUT2D eigenvalue weighted by Gasteiger charge is -2.10. The molecule has 0 spiro atoms. The Labute approximate surface area is 157 Å². The van der Waals surface area contributed by atoms with Crippen molar-refractivity contribution >= 4 is 39.6 Å². The largest absolute Gasteiger partial charge is 0.478 e. The second kappa shape index (κ2) is 7.74. The highest BCUT2D eigenvalue weighted by Crippen LogP contribution is 2.23. The third-order valence-corrected chi connectivity index (χ3v) is 4.35. The molecule has 0 atom stereocenters. The quantitative estimate of drug-likeness (QED) is 0.580. The summed E-state index contributed by atoms with van der Waals surface area (Å²) >= 11 is 0. The minimum absolute atomic E-state index is 0.0342. The molecule has 1 amide bonds. The molecule has 0 bridgehead atoms. The molecule has 5 heteroatoms. The average Bonchev–Trinajstić information content (AvgIpc) is 2.67. The molecule has 0 saturated carbocycles. The maximum atomic E-state index is 12.4. The van der Waals surface area contributed by atoms with E-state index in [-0.39, 0.29) is 17.2 Å². The van der Waals surface area contributed by atoms with Gasteiger partial charge in [-0.25, -0.2) is 4.79 Å². The van der Waals surface area contributed by atoms with Crippen LogP contribution in [0.15, 0.2) is 66.7 Å². The van der Waals surface area contributed by atoms with Crippen molar-refractivity contribution in [2.75, 3.05) is 17.7 Å². The lowest BCUT2D eigenvalue weighted by Crippen LogP contribution is -2.13. The van der Waals surface area contributed by atoms with E-state index >= 15 is 0 Å². The highest BCUT2D eigenvalue weighted by molar-refractivity contribution is 6.07. The van der Waals surface area contributed by atoms with E-state index in [4.69, 9.17) is 0 Å². The number of carbonyl (C=O) groups excluding carboxylic acids is 1. The van der Waals surface area contributed by atoms with E-state index in [9.17, 15) is 14.7 Å². The Morgan fingerprint density at radius 3 is 2.41 bits per heavy atom. The number of hydrogen-bond donors (Lipinski definition) is 3. The van der Waals surface area contributed by atoms with Gasteiger partial charge in [0.15, 0.2) is 0 Å². The molecule has 0 aliphatic rings. The maximum absolute atomic E-state index is 12.4. The van der Waals surface area contributed by atoms with E-state index in [0.717, 1.165) is 21.9 Å². The minimum Gasteiger partial charge on any atom is -0.478 e. The Kier molecular flexibility index (Phi) is 5.22. The van der Waals surface area contributed by atoms with Gasteiger partial charge in [0.2, 0.25) is 5.91 Å². The van der Waals surface area contributed by atoms with Crippen LogP contribution in [-0.2, 0) is 4.79 Å². The zero-order valence-corrected chi connectivity index (χ0v) is 15.1. The predicted molar refractivity (Wildman–Crippen MR) is 109 cm³/mol. The molecule has 0 aliphatic carbocycles. The SMILES string of the molecule is CNc1ccc(NC(=O)/C=C(/C)c2ccc3ccccc3c2)c(C(=O)O)c1. The number of allylic oxidation sites excluding steroid dienone is 1. The molecular weight excluding hydrogens is 340 g/mol. The zero-order chi connectivity index (χ0) is 19.4. The molecule has 3 rings (SSSR count). The summed E-state index contributed by atoms with van der Waals surface area (Å²) in [7, 11) is 1.70. The molecule has 136 valence electrons. The number of rotatable bonds is 5. The van der Waals surface area contributed by atoms with Crippen molar-refractivity contribution in [1.29, 1.82) is 0 Å². The molecule has 0 fully saturated rings. The maximum Gasteiger partial charge on any atom is 0.337 e. The molecule has 27 heavy (non-hydrogen) atoms. The topological polar surface area (TPSA) is 78.4 Å². The smallest absolute Gasteiger partial charge is 0.337 e. The van der Waals surface area contributed by atoms with Crippen molar-refractivity contribution in [2.45, 2.75) is 6.92 Å². The first-order valence-corrected chi connectivity index (χ1v) is 8.51. The fraction of sp³-hybridized carbons (Fsp3) is 0.0909. The van der Waals surface area contributed by atoms with Crippen molar-refractivity contribution in [2.24, 2.45) is 0 Å². The third kappa shape index (κ3) is 4.15. The van der Waals surface area contributed by atoms with E-state index < -0.39 is 5.97 Å². The van der Waals surface area contributed by atoms with E-state index in [1.165, 1.54) is 12.1 Å². The van der Waals surface area contributed by atoms with Crippen LogP contribution in [0.3, 0.4) is 0 Å². The number of anilines is 2. The molecule has 0 aromatic heterocycles. The van der Waals surface area contributed by atoms with Gasteiger partial charge in [-0.2, -0.15) is 0 Å². The van der Waals surface area contributed by atoms with Gasteiger partial charge in [-0.05, 0) is 53.1 Å². The first kappa shape index (κ1) is 18.2. The van der Waals surface area contributed by atoms with Crippen LogP contribution in [0.1, 0.15) is 22.8 Å². The number of amides is 1. The van der Waals surface area contributed by atoms with E-state index in [0.29, 0.717) is 5.69 Å². The highest BCUT2D eigenvalue weighted by atomic mass is 16.4. The van der Waals surface area contributed by atoms with Gasteiger partial charge < -0.3 is 15.7 Å². The van der Waals surface area contributed by atoms with Crippen LogP contribution >= 0.6 is 0 Å². The number of carboxylic acids is 1. The van der Waals surface area contributed by atoms with Crippen LogP contribution < -0.4 is 10.6 Å². The second-order valence-corrected chi connectivity index (χ2v) is 6.19. The molecular formula is C22H20N2O3. The monoisotopic (exact) mass is 360 g/mol. The van der Waals surface area contributed by atoms with Crippen molar-refractivity contribution in [1.82, 2.24) is 0 Å². The zero-order valence-electron chi connectivity index (χ0n) is 15.1. The Bertz CT molecular complexity index is 1050. The number of aromatic carboxylic acids is 1. The summed E-state index contributed by atoms with van der Waals surface area (Å²) in [4.78, 5) is 23.8. The number of carboxylic acid groups (broad SMARTS) is 1. The summed E-state index contributed by atoms with van der Waals surface area (Å²) in [5.41, 5.74) is 2.68. The van der Waals surface area contributed by atoms with Crippen LogP contribution in [0.5, 0.6) is 0 Å².